The number of hydrogen-bond acceptors (Lipinski definition) is 7. The summed E-state index contributed by atoms with van der Waals surface area (Å²) in [4.78, 5) is 20.9. The van der Waals surface area contributed by atoms with E-state index in [0.717, 1.165) is 9.87 Å². The molecule has 0 atom stereocenters. The number of aryl methyl sites for hydroxylation is 2. The number of aromatic nitrogens is 2. The van der Waals surface area contributed by atoms with E-state index < -0.39 is 32.5 Å². The maximum Gasteiger partial charge on any atom is 0.264 e. The number of anilines is 3. The second-order valence-electron chi connectivity index (χ2n) is 8.50. The maximum atomic E-state index is 13.5. The predicted molar refractivity (Wildman–Crippen MR) is 153 cm³/mol. The number of nitrogens with one attached hydrogen (secondary N) is 2. The highest BCUT2D eigenvalue weighted by molar-refractivity contribution is 9.10. The number of benzene rings is 3. The standard InChI is InChI=1S/C26H24BrN5O5S2/c1-18-6-10-24(11-7-18)39(36,37)32(22-5-3-4-20(27)16-22)17-25(33)30-21-8-12-23(13-9-21)38(34,35)31-26-28-15-14-19(2)29-26/h3-16H,17H2,1-2H3,(H,30,33)(H,28,29,31). The molecule has 0 fully saturated rings. The second kappa shape index (κ2) is 11.5. The second-order valence-corrected chi connectivity index (χ2v) is 13.0. The lowest BCUT2D eigenvalue weighted by molar-refractivity contribution is -0.114. The molecule has 0 aliphatic rings. The van der Waals surface area contributed by atoms with Crippen molar-refractivity contribution in [1.82, 2.24) is 9.97 Å². The number of carbonyl (C=O) groups excluding carboxylic acids is 1. The number of nitrogens with zero attached hydrogens (tertiary/aromatic N) is 3. The summed E-state index contributed by atoms with van der Waals surface area (Å²) in [5.41, 5.74) is 2.08. The van der Waals surface area contributed by atoms with Crippen LogP contribution in [0.15, 0.2) is 99.3 Å². The highest BCUT2D eigenvalue weighted by Gasteiger charge is 2.27. The lowest BCUT2D eigenvalue weighted by Gasteiger charge is -2.24. The van der Waals surface area contributed by atoms with Crippen molar-refractivity contribution in [2.24, 2.45) is 0 Å². The fourth-order valence-corrected chi connectivity index (χ4v) is 6.26. The average molecular weight is 631 g/mol. The fourth-order valence-electron chi connectivity index (χ4n) is 3.51. The van der Waals surface area contributed by atoms with E-state index in [9.17, 15) is 21.6 Å². The number of carbonyl (C=O) groups is 1. The molecule has 0 saturated heterocycles. The molecule has 0 aliphatic carbocycles. The summed E-state index contributed by atoms with van der Waals surface area (Å²) < 4.78 is 56.4. The number of hydrogen-bond donors (Lipinski definition) is 2. The monoisotopic (exact) mass is 629 g/mol. The van der Waals surface area contributed by atoms with Gasteiger partial charge in [-0.05, 0) is 74.5 Å². The molecule has 4 aromatic rings. The molecule has 10 nitrogen and oxygen atoms in total. The molecule has 202 valence electrons. The highest BCUT2D eigenvalue weighted by Crippen LogP contribution is 2.27. The van der Waals surface area contributed by atoms with Crippen LogP contribution in [0.1, 0.15) is 11.3 Å². The summed E-state index contributed by atoms with van der Waals surface area (Å²) in [6.45, 7) is 3.04. The molecule has 0 saturated carbocycles. The predicted octanol–water partition coefficient (Wildman–Crippen LogP) is 4.49. The molecule has 0 aliphatic heterocycles. The van der Waals surface area contributed by atoms with Crippen LogP contribution in [0, 0.1) is 13.8 Å². The van der Waals surface area contributed by atoms with Gasteiger partial charge >= 0.3 is 0 Å². The van der Waals surface area contributed by atoms with Crippen molar-refractivity contribution in [2.45, 2.75) is 23.6 Å². The summed E-state index contributed by atoms with van der Waals surface area (Å²) in [6, 6.07) is 20.0. The molecule has 1 amide bonds. The van der Waals surface area contributed by atoms with Crippen LogP contribution in [-0.2, 0) is 24.8 Å². The van der Waals surface area contributed by atoms with E-state index in [0.29, 0.717) is 15.9 Å². The van der Waals surface area contributed by atoms with E-state index in [1.165, 1.54) is 42.6 Å². The molecule has 4 rings (SSSR count). The zero-order valence-electron chi connectivity index (χ0n) is 20.9. The van der Waals surface area contributed by atoms with Gasteiger partial charge in [-0.25, -0.2) is 31.5 Å². The van der Waals surface area contributed by atoms with Crippen molar-refractivity contribution in [1.29, 1.82) is 0 Å². The van der Waals surface area contributed by atoms with Gasteiger partial charge in [0.2, 0.25) is 11.9 Å². The van der Waals surface area contributed by atoms with E-state index >= 15 is 0 Å². The lowest BCUT2D eigenvalue weighted by Crippen LogP contribution is -2.38. The van der Waals surface area contributed by atoms with Crippen molar-refractivity contribution in [3.63, 3.8) is 0 Å². The minimum Gasteiger partial charge on any atom is -0.325 e. The Labute approximate surface area is 235 Å². The minimum absolute atomic E-state index is 0.0422. The first-order valence-corrected chi connectivity index (χ1v) is 15.2. The molecular weight excluding hydrogens is 606 g/mol. The van der Waals surface area contributed by atoms with Crippen LogP contribution in [-0.4, -0.2) is 39.3 Å². The molecule has 1 aromatic heterocycles. The van der Waals surface area contributed by atoms with E-state index in [1.54, 1.807) is 49.4 Å². The third kappa shape index (κ3) is 6.99. The van der Waals surface area contributed by atoms with Gasteiger partial charge in [0.25, 0.3) is 20.0 Å². The van der Waals surface area contributed by atoms with E-state index in [-0.39, 0.29) is 21.4 Å². The minimum atomic E-state index is -4.08. The fraction of sp³-hybridized carbons (Fsp3) is 0.115. The zero-order chi connectivity index (χ0) is 28.2. The summed E-state index contributed by atoms with van der Waals surface area (Å²) >= 11 is 3.35. The van der Waals surface area contributed by atoms with Crippen LogP contribution in [0.25, 0.3) is 0 Å². The lowest BCUT2D eigenvalue weighted by atomic mass is 10.2. The maximum absolute atomic E-state index is 13.5. The van der Waals surface area contributed by atoms with Crippen LogP contribution in [0.5, 0.6) is 0 Å². The third-order valence-electron chi connectivity index (χ3n) is 5.46. The Morgan fingerprint density at radius 1 is 0.897 bits per heavy atom. The van der Waals surface area contributed by atoms with Crippen LogP contribution >= 0.6 is 15.9 Å². The number of halogens is 1. The quantitative estimate of drug-likeness (QED) is 0.278. The van der Waals surface area contributed by atoms with Gasteiger partial charge in [-0.1, -0.05) is 39.7 Å². The van der Waals surface area contributed by atoms with Gasteiger partial charge in [0.15, 0.2) is 0 Å². The molecular formula is C26H24BrN5O5S2. The highest BCUT2D eigenvalue weighted by atomic mass is 79.9. The van der Waals surface area contributed by atoms with Crippen molar-refractivity contribution >= 4 is 59.2 Å². The van der Waals surface area contributed by atoms with E-state index in [1.807, 2.05) is 6.92 Å². The van der Waals surface area contributed by atoms with Crippen molar-refractivity contribution < 1.29 is 21.6 Å². The smallest absolute Gasteiger partial charge is 0.264 e. The Bertz CT molecular complexity index is 1710. The molecule has 2 N–H and O–H groups in total. The van der Waals surface area contributed by atoms with E-state index in [4.69, 9.17) is 0 Å². The third-order valence-corrected chi connectivity index (χ3v) is 9.09. The largest absolute Gasteiger partial charge is 0.325 e. The first-order chi connectivity index (χ1) is 18.4. The molecule has 3 aromatic carbocycles. The first-order valence-electron chi connectivity index (χ1n) is 11.5. The topological polar surface area (TPSA) is 138 Å². The Kier molecular flexibility index (Phi) is 8.33. The van der Waals surface area contributed by atoms with Gasteiger partial charge in [0.05, 0.1) is 15.5 Å². The van der Waals surface area contributed by atoms with Crippen molar-refractivity contribution in [3.8, 4) is 0 Å². The van der Waals surface area contributed by atoms with Crippen molar-refractivity contribution in [3.05, 3.63) is 101 Å². The van der Waals surface area contributed by atoms with Crippen LogP contribution in [0.3, 0.4) is 0 Å². The normalized spacial score (nSPS) is 11.6. The Hall–Kier alpha value is -3.81. The van der Waals surface area contributed by atoms with Gasteiger partial charge < -0.3 is 5.32 Å². The summed E-state index contributed by atoms with van der Waals surface area (Å²) in [5.74, 6) is -0.678. The Morgan fingerprint density at radius 2 is 1.56 bits per heavy atom. The van der Waals surface area contributed by atoms with Crippen molar-refractivity contribution in [2.75, 3.05) is 20.9 Å². The van der Waals surface area contributed by atoms with Gasteiger partial charge in [-0.2, -0.15) is 0 Å². The number of sulfonamides is 2. The number of rotatable bonds is 9. The van der Waals surface area contributed by atoms with Crippen LogP contribution in [0.4, 0.5) is 17.3 Å². The number of amides is 1. The summed E-state index contributed by atoms with van der Waals surface area (Å²) in [6.07, 6.45) is 1.44. The van der Waals surface area contributed by atoms with Gasteiger partial charge in [0, 0.05) is 22.1 Å². The molecule has 0 bridgehead atoms. The van der Waals surface area contributed by atoms with Gasteiger partial charge in [-0.3, -0.25) is 9.10 Å². The Balaban J connectivity index is 1.53. The average Bonchev–Trinajstić information content (AvgIpc) is 2.87. The first kappa shape index (κ1) is 28.2. The zero-order valence-corrected chi connectivity index (χ0v) is 24.1. The molecule has 39 heavy (non-hydrogen) atoms. The van der Waals surface area contributed by atoms with E-state index in [2.05, 4.69) is 35.9 Å². The molecule has 0 unspecified atom stereocenters. The summed E-state index contributed by atoms with van der Waals surface area (Å²) in [5, 5.41) is 2.63. The summed E-state index contributed by atoms with van der Waals surface area (Å²) in [7, 11) is -8.05. The van der Waals surface area contributed by atoms with Gasteiger partial charge in [0.1, 0.15) is 6.54 Å². The SMILES string of the molecule is Cc1ccc(S(=O)(=O)N(CC(=O)Nc2ccc(S(=O)(=O)Nc3nccc(C)n3)cc2)c2cccc(Br)c2)cc1. The molecule has 0 spiro atoms. The van der Waals surface area contributed by atoms with Crippen LogP contribution < -0.4 is 14.3 Å². The molecule has 13 heteroatoms. The van der Waals surface area contributed by atoms with Crippen LogP contribution in [0.2, 0.25) is 0 Å². The molecule has 1 heterocycles. The molecule has 0 radical (unpaired) electrons. The van der Waals surface area contributed by atoms with Gasteiger partial charge in [-0.15, -0.1) is 0 Å². The Morgan fingerprint density at radius 3 is 2.21 bits per heavy atom.